The van der Waals surface area contributed by atoms with Gasteiger partial charge in [0, 0.05) is 12.1 Å². The first-order valence-corrected chi connectivity index (χ1v) is 6.67. The molecular formula is C14H22N2O. The zero-order valence-electron chi connectivity index (χ0n) is 11.0. The number of aromatic nitrogens is 1. The maximum absolute atomic E-state index is 5.15. The summed E-state index contributed by atoms with van der Waals surface area (Å²) >= 11 is 0. The number of hydrogen-bond acceptors (Lipinski definition) is 3. The van der Waals surface area contributed by atoms with Crippen molar-refractivity contribution in [2.45, 2.75) is 52.6 Å². The van der Waals surface area contributed by atoms with E-state index in [0.717, 1.165) is 18.2 Å². The molecule has 0 radical (unpaired) electrons. The summed E-state index contributed by atoms with van der Waals surface area (Å²) in [5.41, 5.74) is 0.920. The van der Waals surface area contributed by atoms with Gasteiger partial charge in [0.05, 0.1) is 12.7 Å². The highest BCUT2D eigenvalue weighted by Crippen LogP contribution is 2.65. The third-order valence-electron chi connectivity index (χ3n) is 5.81. The van der Waals surface area contributed by atoms with Crippen molar-refractivity contribution in [3.05, 3.63) is 18.0 Å². The van der Waals surface area contributed by atoms with Crippen LogP contribution in [-0.4, -0.2) is 11.2 Å². The maximum Gasteiger partial charge on any atom is 0.150 e. The summed E-state index contributed by atoms with van der Waals surface area (Å²) in [6.45, 7) is 8.16. The van der Waals surface area contributed by atoms with Gasteiger partial charge < -0.3 is 9.84 Å². The van der Waals surface area contributed by atoms with Gasteiger partial charge in [0.25, 0.3) is 0 Å². The lowest BCUT2D eigenvalue weighted by molar-refractivity contribution is 0.119. The summed E-state index contributed by atoms with van der Waals surface area (Å²) in [6.07, 6.45) is 5.80. The first-order valence-electron chi connectivity index (χ1n) is 6.67. The molecule has 3 heteroatoms. The Labute approximate surface area is 103 Å². The Morgan fingerprint density at radius 1 is 1.47 bits per heavy atom. The number of fused-ring (bicyclic) bond motifs is 2. The van der Waals surface area contributed by atoms with E-state index in [1.54, 1.807) is 6.20 Å². The van der Waals surface area contributed by atoms with Gasteiger partial charge in [-0.1, -0.05) is 25.9 Å². The highest BCUT2D eigenvalue weighted by Gasteiger charge is 2.60. The second kappa shape index (κ2) is 3.58. The fourth-order valence-electron chi connectivity index (χ4n) is 4.07. The Hall–Kier alpha value is -0.830. The van der Waals surface area contributed by atoms with Gasteiger partial charge in [-0.2, -0.15) is 0 Å². The molecular weight excluding hydrogens is 212 g/mol. The summed E-state index contributed by atoms with van der Waals surface area (Å²) < 4.78 is 5.15. The van der Waals surface area contributed by atoms with E-state index in [4.69, 9.17) is 4.52 Å². The van der Waals surface area contributed by atoms with Crippen LogP contribution in [0.15, 0.2) is 16.8 Å². The minimum Gasteiger partial charge on any atom is -0.360 e. The van der Waals surface area contributed by atoms with Crippen LogP contribution >= 0.6 is 0 Å². The Balaban J connectivity index is 1.70. The highest BCUT2D eigenvalue weighted by atomic mass is 16.5. The summed E-state index contributed by atoms with van der Waals surface area (Å²) in [4.78, 5) is 0. The predicted octanol–water partition coefficient (Wildman–Crippen LogP) is 2.98. The SMILES string of the molecule is CC1(C)C2CCC1(C)C(NCc1ccno1)C2. The molecule has 2 bridgehead atoms. The first-order chi connectivity index (χ1) is 8.04. The Bertz CT molecular complexity index is 398. The number of nitrogens with zero attached hydrogens (tertiary/aromatic N) is 1. The molecule has 2 aliphatic carbocycles. The van der Waals surface area contributed by atoms with Gasteiger partial charge in [0.2, 0.25) is 0 Å². The molecule has 3 atom stereocenters. The van der Waals surface area contributed by atoms with Gasteiger partial charge in [0.1, 0.15) is 5.76 Å². The molecule has 1 aromatic heterocycles. The van der Waals surface area contributed by atoms with E-state index in [2.05, 4.69) is 31.2 Å². The predicted molar refractivity (Wildman–Crippen MR) is 66.4 cm³/mol. The molecule has 0 saturated heterocycles. The van der Waals surface area contributed by atoms with Crippen LogP contribution < -0.4 is 5.32 Å². The van der Waals surface area contributed by atoms with Gasteiger partial charge in [-0.3, -0.25) is 0 Å². The third-order valence-corrected chi connectivity index (χ3v) is 5.81. The van der Waals surface area contributed by atoms with Crippen molar-refractivity contribution in [1.82, 2.24) is 10.5 Å². The van der Waals surface area contributed by atoms with Gasteiger partial charge >= 0.3 is 0 Å². The molecule has 0 aromatic carbocycles. The molecule has 3 rings (SSSR count). The summed E-state index contributed by atoms with van der Waals surface area (Å²) in [7, 11) is 0. The second-order valence-electron chi connectivity index (χ2n) is 6.52. The lowest BCUT2D eigenvalue weighted by atomic mass is 9.69. The van der Waals surface area contributed by atoms with Crippen molar-refractivity contribution in [1.29, 1.82) is 0 Å². The fraction of sp³-hybridized carbons (Fsp3) is 0.786. The van der Waals surface area contributed by atoms with Crippen LogP contribution in [0.2, 0.25) is 0 Å². The van der Waals surface area contributed by atoms with E-state index in [0.29, 0.717) is 16.9 Å². The molecule has 1 aromatic rings. The largest absolute Gasteiger partial charge is 0.360 e. The topological polar surface area (TPSA) is 38.1 Å². The second-order valence-corrected chi connectivity index (χ2v) is 6.52. The fourth-order valence-corrected chi connectivity index (χ4v) is 4.07. The molecule has 94 valence electrons. The van der Waals surface area contributed by atoms with E-state index < -0.39 is 0 Å². The zero-order valence-corrected chi connectivity index (χ0v) is 11.0. The number of hydrogen-bond donors (Lipinski definition) is 1. The van der Waals surface area contributed by atoms with Crippen LogP contribution in [0, 0.1) is 16.7 Å². The molecule has 1 N–H and O–H groups in total. The van der Waals surface area contributed by atoms with E-state index in [1.807, 2.05) is 6.07 Å². The minimum atomic E-state index is 0.442. The molecule has 17 heavy (non-hydrogen) atoms. The van der Waals surface area contributed by atoms with Crippen molar-refractivity contribution >= 4 is 0 Å². The summed E-state index contributed by atoms with van der Waals surface area (Å²) in [5.74, 6) is 1.83. The Morgan fingerprint density at radius 2 is 2.29 bits per heavy atom. The van der Waals surface area contributed by atoms with Gasteiger partial charge in [0.15, 0.2) is 0 Å². The van der Waals surface area contributed by atoms with Crippen molar-refractivity contribution in [3.8, 4) is 0 Å². The van der Waals surface area contributed by atoms with Crippen LogP contribution in [0.25, 0.3) is 0 Å². The quantitative estimate of drug-likeness (QED) is 0.873. The molecule has 0 spiro atoms. The average Bonchev–Trinajstić information content (AvgIpc) is 2.91. The first kappa shape index (κ1) is 11.3. The molecule has 2 fully saturated rings. The standard InChI is InChI=1S/C14H22N2O/c1-13(2)10-4-6-14(13,3)12(8-10)15-9-11-5-7-16-17-11/h5,7,10,12,15H,4,6,8-9H2,1-3H3. The minimum absolute atomic E-state index is 0.442. The van der Waals surface area contributed by atoms with Crippen molar-refractivity contribution in [2.24, 2.45) is 16.7 Å². The van der Waals surface area contributed by atoms with Crippen LogP contribution in [0.4, 0.5) is 0 Å². The van der Waals surface area contributed by atoms with Crippen LogP contribution in [0.5, 0.6) is 0 Å². The van der Waals surface area contributed by atoms with Crippen molar-refractivity contribution in [2.75, 3.05) is 0 Å². The smallest absolute Gasteiger partial charge is 0.150 e. The normalized spacial score (nSPS) is 38.8. The highest BCUT2D eigenvalue weighted by molar-refractivity contribution is 5.13. The summed E-state index contributed by atoms with van der Waals surface area (Å²) in [5, 5.41) is 7.42. The van der Waals surface area contributed by atoms with Crippen molar-refractivity contribution < 1.29 is 4.52 Å². The van der Waals surface area contributed by atoms with Crippen molar-refractivity contribution in [3.63, 3.8) is 0 Å². The lowest BCUT2D eigenvalue weighted by Crippen LogP contribution is -2.44. The number of rotatable bonds is 3. The number of nitrogens with one attached hydrogen (secondary N) is 1. The molecule has 1 heterocycles. The van der Waals surface area contributed by atoms with Gasteiger partial charge in [-0.15, -0.1) is 0 Å². The molecule has 3 unspecified atom stereocenters. The van der Waals surface area contributed by atoms with E-state index in [1.165, 1.54) is 19.3 Å². The molecule has 3 nitrogen and oxygen atoms in total. The molecule has 2 aliphatic rings. The zero-order chi connectivity index (χ0) is 12.1. The van der Waals surface area contributed by atoms with Crippen LogP contribution in [-0.2, 0) is 6.54 Å². The van der Waals surface area contributed by atoms with E-state index in [-0.39, 0.29) is 0 Å². The van der Waals surface area contributed by atoms with Crippen LogP contribution in [0.1, 0.15) is 45.8 Å². The van der Waals surface area contributed by atoms with Gasteiger partial charge in [-0.25, -0.2) is 0 Å². The average molecular weight is 234 g/mol. The molecule has 0 amide bonds. The Kier molecular flexibility index (Phi) is 2.37. The molecule has 2 saturated carbocycles. The molecule has 0 aliphatic heterocycles. The summed E-state index contributed by atoms with van der Waals surface area (Å²) in [6, 6.07) is 2.56. The maximum atomic E-state index is 5.15. The third kappa shape index (κ3) is 1.48. The van der Waals surface area contributed by atoms with E-state index in [9.17, 15) is 0 Å². The monoisotopic (exact) mass is 234 g/mol. The lowest BCUT2D eigenvalue weighted by Gasteiger charge is -2.39. The van der Waals surface area contributed by atoms with Crippen LogP contribution in [0.3, 0.4) is 0 Å². The van der Waals surface area contributed by atoms with Gasteiger partial charge in [-0.05, 0) is 36.0 Å². The Morgan fingerprint density at radius 3 is 2.82 bits per heavy atom. The van der Waals surface area contributed by atoms with E-state index >= 15 is 0 Å².